The summed E-state index contributed by atoms with van der Waals surface area (Å²) in [5.74, 6) is 2.68. The van der Waals surface area contributed by atoms with E-state index in [0.29, 0.717) is 11.4 Å². The highest BCUT2D eigenvalue weighted by atomic mass is 32.1. The summed E-state index contributed by atoms with van der Waals surface area (Å²) in [6.07, 6.45) is 6.97. The van der Waals surface area contributed by atoms with Gasteiger partial charge in [-0.3, -0.25) is 4.98 Å². The van der Waals surface area contributed by atoms with E-state index in [1.54, 1.807) is 24.4 Å². The molecule has 0 saturated heterocycles. The maximum Gasteiger partial charge on any atom is 0.167 e. The van der Waals surface area contributed by atoms with Crippen molar-refractivity contribution in [3.05, 3.63) is 47.2 Å². The molecule has 2 aromatic heterocycles. The predicted octanol–water partition coefficient (Wildman–Crippen LogP) is 3.79. The molecule has 2 N–H and O–H groups in total. The summed E-state index contributed by atoms with van der Waals surface area (Å²) >= 11 is 1.38. The van der Waals surface area contributed by atoms with Crippen LogP contribution in [0.4, 0.5) is 10.1 Å². The van der Waals surface area contributed by atoms with Gasteiger partial charge in [0.2, 0.25) is 0 Å². The fraction of sp³-hybridized carbons (Fsp3) is 0. The molecule has 20 heavy (non-hydrogen) atoms. The molecule has 0 saturated carbocycles. The standard InChI is InChI=1S/C15H9FN2OS/c1-2-10-8-12-15(20-10)14(5-6-18-12)19-13-4-3-9(17)7-11(13)16/h1,3-8H,17H2. The average molecular weight is 284 g/mol. The van der Waals surface area contributed by atoms with Gasteiger partial charge in [-0.2, -0.15) is 0 Å². The van der Waals surface area contributed by atoms with Gasteiger partial charge in [0.1, 0.15) is 5.75 Å². The van der Waals surface area contributed by atoms with Crippen LogP contribution in [0.1, 0.15) is 4.88 Å². The van der Waals surface area contributed by atoms with Crippen LogP contribution in [0.5, 0.6) is 11.5 Å². The van der Waals surface area contributed by atoms with Gasteiger partial charge in [0, 0.05) is 24.0 Å². The van der Waals surface area contributed by atoms with Crippen molar-refractivity contribution in [1.29, 1.82) is 0 Å². The molecule has 0 spiro atoms. The van der Waals surface area contributed by atoms with E-state index in [4.69, 9.17) is 16.9 Å². The molecule has 1 aromatic carbocycles. The van der Waals surface area contributed by atoms with Crippen LogP contribution >= 0.6 is 11.3 Å². The lowest BCUT2D eigenvalue weighted by molar-refractivity contribution is 0.447. The summed E-state index contributed by atoms with van der Waals surface area (Å²) in [5.41, 5.74) is 6.59. The van der Waals surface area contributed by atoms with Crippen LogP contribution in [0.15, 0.2) is 36.5 Å². The van der Waals surface area contributed by atoms with Gasteiger partial charge in [-0.05, 0) is 18.2 Å². The van der Waals surface area contributed by atoms with Crippen molar-refractivity contribution in [2.45, 2.75) is 0 Å². The van der Waals surface area contributed by atoms with Crippen LogP contribution < -0.4 is 10.5 Å². The first-order chi connectivity index (χ1) is 9.67. The molecule has 5 heteroatoms. The molecule has 0 aliphatic rings. The monoisotopic (exact) mass is 284 g/mol. The number of nitrogen functional groups attached to an aromatic ring is 1. The van der Waals surface area contributed by atoms with Gasteiger partial charge >= 0.3 is 0 Å². The highest BCUT2D eigenvalue weighted by molar-refractivity contribution is 7.19. The second-order valence-corrected chi connectivity index (χ2v) is 5.12. The molecule has 0 amide bonds. The molecule has 3 rings (SSSR count). The number of hydrogen-bond acceptors (Lipinski definition) is 4. The van der Waals surface area contributed by atoms with Crippen molar-refractivity contribution in [3.8, 4) is 23.8 Å². The first-order valence-electron chi connectivity index (χ1n) is 5.75. The van der Waals surface area contributed by atoms with Crippen LogP contribution in [-0.2, 0) is 0 Å². The Morgan fingerprint density at radius 3 is 2.85 bits per heavy atom. The maximum absolute atomic E-state index is 13.8. The number of pyridine rings is 1. The number of nitrogens with two attached hydrogens (primary N) is 1. The molecular formula is C15H9FN2OS. The Balaban J connectivity index is 2.06. The minimum Gasteiger partial charge on any atom is -0.453 e. The van der Waals surface area contributed by atoms with Crippen molar-refractivity contribution < 1.29 is 9.13 Å². The van der Waals surface area contributed by atoms with Crippen LogP contribution in [0.25, 0.3) is 10.2 Å². The van der Waals surface area contributed by atoms with Gasteiger partial charge in [-0.15, -0.1) is 17.8 Å². The van der Waals surface area contributed by atoms with Gasteiger partial charge in [0.25, 0.3) is 0 Å². The van der Waals surface area contributed by atoms with Crippen molar-refractivity contribution in [1.82, 2.24) is 4.98 Å². The number of ether oxygens (including phenoxy) is 1. The second-order valence-electron chi connectivity index (χ2n) is 4.07. The molecule has 0 fully saturated rings. The normalized spacial score (nSPS) is 10.4. The van der Waals surface area contributed by atoms with E-state index < -0.39 is 5.82 Å². The number of hydrogen-bond donors (Lipinski definition) is 1. The van der Waals surface area contributed by atoms with Gasteiger partial charge in [-0.1, -0.05) is 5.92 Å². The van der Waals surface area contributed by atoms with E-state index in [1.807, 2.05) is 0 Å². The molecule has 0 bridgehead atoms. The molecule has 3 aromatic rings. The minimum absolute atomic E-state index is 0.113. The summed E-state index contributed by atoms with van der Waals surface area (Å²) in [7, 11) is 0. The third kappa shape index (κ3) is 2.17. The third-order valence-electron chi connectivity index (χ3n) is 2.69. The zero-order chi connectivity index (χ0) is 14.1. The number of thiophene rings is 1. The summed E-state index contributed by atoms with van der Waals surface area (Å²) in [5, 5.41) is 0. The summed E-state index contributed by atoms with van der Waals surface area (Å²) in [6, 6.07) is 7.76. The Morgan fingerprint density at radius 1 is 1.25 bits per heavy atom. The topological polar surface area (TPSA) is 48.1 Å². The van der Waals surface area contributed by atoms with Crippen LogP contribution in [-0.4, -0.2) is 4.98 Å². The Hall–Kier alpha value is -2.58. The van der Waals surface area contributed by atoms with Gasteiger partial charge < -0.3 is 10.5 Å². The lowest BCUT2D eigenvalue weighted by Gasteiger charge is -2.07. The number of nitrogens with zero attached hydrogens (tertiary/aromatic N) is 1. The molecule has 98 valence electrons. The first-order valence-corrected chi connectivity index (χ1v) is 6.57. The largest absolute Gasteiger partial charge is 0.453 e. The quantitative estimate of drug-likeness (QED) is 0.575. The number of benzene rings is 1. The predicted molar refractivity (Wildman–Crippen MR) is 78.4 cm³/mol. The average Bonchev–Trinajstić information content (AvgIpc) is 2.86. The maximum atomic E-state index is 13.8. The number of anilines is 1. The highest BCUT2D eigenvalue weighted by Crippen LogP contribution is 2.35. The number of rotatable bonds is 2. The fourth-order valence-electron chi connectivity index (χ4n) is 1.78. The summed E-state index contributed by atoms with van der Waals surface area (Å²) in [4.78, 5) is 4.96. The molecule has 0 atom stereocenters. The Bertz CT molecular complexity index is 835. The molecule has 0 unspecified atom stereocenters. The van der Waals surface area contributed by atoms with Crippen molar-refractivity contribution in [2.24, 2.45) is 0 Å². The van der Waals surface area contributed by atoms with E-state index in [1.165, 1.54) is 23.5 Å². The van der Waals surface area contributed by atoms with Crippen LogP contribution in [0.3, 0.4) is 0 Å². The van der Waals surface area contributed by atoms with Gasteiger partial charge in [0.05, 0.1) is 15.1 Å². The van der Waals surface area contributed by atoms with E-state index in [2.05, 4.69) is 10.9 Å². The lowest BCUT2D eigenvalue weighted by atomic mass is 10.3. The third-order valence-corrected chi connectivity index (χ3v) is 3.76. The number of fused-ring (bicyclic) bond motifs is 1. The summed E-state index contributed by atoms with van der Waals surface area (Å²) in [6.45, 7) is 0. The van der Waals surface area contributed by atoms with E-state index in [0.717, 1.165) is 15.1 Å². The summed E-state index contributed by atoms with van der Waals surface area (Å²) < 4.78 is 20.2. The molecular weight excluding hydrogens is 275 g/mol. The first kappa shape index (κ1) is 12.5. The Labute approximate surface area is 118 Å². The van der Waals surface area contributed by atoms with Crippen molar-refractivity contribution in [2.75, 3.05) is 5.73 Å². The number of halogens is 1. The molecule has 3 nitrogen and oxygen atoms in total. The van der Waals surface area contributed by atoms with E-state index in [-0.39, 0.29) is 5.75 Å². The molecule has 0 aliphatic carbocycles. The van der Waals surface area contributed by atoms with Crippen LogP contribution in [0, 0.1) is 18.2 Å². The molecule has 2 heterocycles. The number of aromatic nitrogens is 1. The smallest absolute Gasteiger partial charge is 0.167 e. The van der Waals surface area contributed by atoms with Crippen molar-refractivity contribution >= 4 is 27.2 Å². The Kier molecular flexibility index (Phi) is 3.01. The molecule has 0 aliphatic heterocycles. The Morgan fingerprint density at radius 2 is 2.10 bits per heavy atom. The van der Waals surface area contributed by atoms with Crippen LogP contribution in [0.2, 0.25) is 0 Å². The SMILES string of the molecule is C#Cc1cc2nccc(Oc3ccc(N)cc3F)c2s1. The van der Waals surface area contributed by atoms with Gasteiger partial charge in [-0.25, -0.2) is 4.39 Å². The van der Waals surface area contributed by atoms with Crippen molar-refractivity contribution in [3.63, 3.8) is 0 Å². The van der Waals surface area contributed by atoms with E-state index in [9.17, 15) is 4.39 Å². The van der Waals surface area contributed by atoms with Gasteiger partial charge in [0.15, 0.2) is 11.6 Å². The number of terminal acetylenes is 1. The molecule has 0 radical (unpaired) electrons. The second kappa shape index (κ2) is 4.83. The lowest BCUT2D eigenvalue weighted by Crippen LogP contribution is -1.91. The minimum atomic E-state index is -0.510. The fourth-order valence-corrected chi connectivity index (χ4v) is 2.66. The highest BCUT2D eigenvalue weighted by Gasteiger charge is 2.11. The zero-order valence-corrected chi connectivity index (χ0v) is 11.1. The zero-order valence-electron chi connectivity index (χ0n) is 10.3. The van der Waals surface area contributed by atoms with E-state index >= 15 is 0 Å².